The Labute approximate surface area is 134 Å². The van der Waals surface area contributed by atoms with E-state index in [4.69, 9.17) is 4.74 Å². The normalized spacial score (nSPS) is 13.6. The highest BCUT2D eigenvalue weighted by molar-refractivity contribution is 7.09. The number of ether oxygens (including phenoxy) is 1. The average Bonchev–Trinajstić information content (AvgIpc) is 2.86. The van der Waals surface area contributed by atoms with Crippen LogP contribution in [0.2, 0.25) is 0 Å². The molecule has 0 aromatic carbocycles. The van der Waals surface area contributed by atoms with Crippen LogP contribution in [0.15, 0.2) is 5.38 Å². The van der Waals surface area contributed by atoms with Crippen LogP contribution in [0.5, 0.6) is 0 Å². The maximum absolute atomic E-state index is 5.89. The van der Waals surface area contributed by atoms with Crippen molar-refractivity contribution in [1.82, 2.24) is 10.3 Å². The molecule has 3 nitrogen and oxygen atoms in total. The molecule has 1 atom stereocenters. The molecule has 1 N–H and O–H groups in total. The van der Waals surface area contributed by atoms with Gasteiger partial charge in [0.2, 0.25) is 0 Å². The van der Waals surface area contributed by atoms with Crippen LogP contribution in [-0.2, 0) is 17.9 Å². The first-order valence-electron chi connectivity index (χ1n) is 8.20. The average molecular weight is 313 g/mol. The molecular formula is C17H32N2OS. The third-order valence-corrected chi connectivity index (χ3v) is 4.25. The molecule has 1 rings (SSSR count). The van der Waals surface area contributed by atoms with Gasteiger partial charge in [-0.2, -0.15) is 0 Å². The van der Waals surface area contributed by atoms with Crippen LogP contribution in [-0.4, -0.2) is 16.6 Å². The lowest BCUT2D eigenvalue weighted by Gasteiger charge is -2.19. The van der Waals surface area contributed by atoms with Crippen molar-refractivity contribution in [2.24, 2.45) is 0 Å². The molecule has 0 bridgehead atoms. The molecule has 1 heterocycles. The summed E-state index contributed by atoms with van der Waals surface area (Å²) in [4.78, 5) is 4.63. The molecule has 0 radical (unpaired) electrons. The Kier molecular flexibility index (Phi) is 8.45. The smallest absolute Gasteiger partial charge is 0.107 e. The van der Waals surface area contributed by atoms with Crippen LogP contribution in [0, 0.1) is 0 Å². The highest BCUT2D eigenvalue weighted by Gasteiger charge is 2.11. The van der Waals surface area contributed by atoms with Gasteiger partial charge in [0, 0.05) is 17.5 Å². The van der Waals surface area contributed by atoms with E-state index in [1.54, 1.807) is 11.3 Å². The SMILES string of the molecule is CCCCCCC(C)OCc1csc(CNC(C)(C)C)n1. The van der Waals surface area contributed by atoms with E-state index in [1.807, 2.05) is 0 Å². The Morgan fingerprint density at radius 1 is 1.29 bits per heavy atom. The fourth-order valence-corrected chi connectivity index (χ4v) is 2.73. The summed E-state index contributed by atoms with van der Waals surface area (Å²) in [6.45, 7) is 12.4. The third-order valence-electron chi connectivity index (χ3n) is 3.35. The highest BCUT2D eigenvalue weighted by atomic mass is 32.1. The second kappa shape index (κ2) is 9.54. The van der Waals surface area contributed by atoms with Crippen molar-refractivity contribution in [1.29, 1.82) is 0 Å². The summed E-state index contributed by atoms with van der Waals surface area (Å²) in [7, 11) is 0. The van der Waals surface area contributed by atoms with Gasteiger partial charge in [-0.1, -0.05) is 32.6 Å². The molecule has 0 saturated heterocycles. The van der Waals surface area contributed by atoms with Gasteiger partial charge in [-0.15, -0.1) is 11.3 Å². The Morgan fingerprint density at radius 2 is 2.05 bits per heavy atom. The Morgan fingerprint density at radius 3 is 2.71 bits per heavy atom. The lowest BCUT2D eigenvalue weighted by molar-refractivity contribution is 0.0442. The first-order chi connectivity index (χ1) is 9.90. The van der Waals surface area contributed by atoms with Crippen LogP contribution in [0.1, 0.15) is 77.4 Å². The van der Waals surface area contributed by atoms with E-state index in [2.05, 4.69) is 50.3 Å². The second-order valence-electron chi connectivity index (χ2n) is 6.81. The fraction of sp³-hybridized carbons (Fsp3) is 0.824. The number of rotatable bonds is 10. The first kappa shape index (κ1) is 18.6. The molecule has 0 spiro atoms. The predicted octanol–water partition coefficient (Wildman–Crippen LogP) is 4.91. The summed E-state index contributed by atoms with van der Waals surface area (Å²) in [5.41, 5.74) is 1.20. The van der Waals surface area contributed by atoms with Crippen molar-refractivity contribution in [2.45, 2.75) is 91.5 Å². The zero-order valence-corrected chi connectivity index (χ0v) is 15.2. The standard InChI is InChI=1S/C17H32N2OS/c1-6-7-8-9-10-14(2)20-12-15-13-21-16(19-15)11-18-17(3,4)5/h13-14,18H,6-12H2,1-5H3. The summed E-state index contributed by atoms with van der Waals surface area (Å²) >= 11 is 1.71. The zero-order chi connectivity index (χ0) is 15.7. The van der Waals surface area contributed by atoms with E-state index in [-0.39, 0.29) is 5.54 Å². The fourth-order valence-electron chi connectivity index (χ4n) is 2.01. The quantitative estimate of drug-likeness (QED) is 0.623. The van der Waals surface area contributed by atoms with Crippen molar-refractivity contribution < 1.29 is 4.74 Å². The molecular weight excluding hydrogens is 280 g/mol. The zero-order valence-electron chi connectivity index (χ0n) is 14.4. The number of hydrogen-bond donors (Lipinski definition) is 1. The predicted molar refractivity (Wildman–Crippen MR) is 91.7 cm³/mol. The molecule has 1 unspecified atom stereocenters. The van der Waals surface area contributed by atoms with Gasteiger partial charge in [0.1, 0.15) is 5.01 Å². The van der Waals surface area contributed by atoms with Crippen LogP contribution < -0.4 is 5.32 Å². The summed E-state index contributed by atoms with van der Waals surface area (Å²) in [6.07, 6.45) is 6.71. The van der Waals surface area contributed by atoms with Crippen molar-refractivity contribution in [2.75, 3.05) is 0 Å². The van der Waals surface area contributed by atoms with Gasteiger partial charge in [0.15, 0.2) is 0 Å². The first-order valence-corrected chi connectivity index (χ1v) is 9.08. The topological polar surface area (TPSA) is 34.1 Å². The second-order valence-corrected chi connectivity index (χ2v) is 7.75. The minimum absolute atomic E-state index is 0.134. The maximum Gasteiger partial charge on any atom is 0.107 e. The summed E-state index contributed by atoms with van der Waals surface area (Å²) < 4.78 is 5.89. The molecule has 0 aliphatic rings. The molecule has 4 heteroatoms. The van der Waals surface area contributed by atoms with Gasteiger partial charge in [-0.05, 0) is 34.1 Å². The number of nitrogens with one attached hydrogen (secondary N) is 1. The van der Waals surface area contributed by atoms with Gasteiger partial charge < -0.3 is 10.1 Å². The largest absolute Gasteiger partial charge is 0.372 e. The number of thiazole rings is 1. The number of nitrogens with zero attached hydrogens (tertiary/aromatic N) is 1. The van der Waals surface area contributed by atoms with Gasteiger partial charge in [0.25, 0.3) is 0 Å². The molecule has 0 saturated carbocycles. The molecule has 0 aliphatic heterocycles. The molecule has 0 aliphatic carbocycles. The lowest BCUT2D eigenvalue weighted by Crippen LogP contribution is -2.35. The number of aromatic nitrogens is 1. The molecule has 21 heavy (non-hydrogen) atoms. The van der Waals surface area contributed by atoms with Crippen molar-refractivity contribution in [3.8, 4) is 0 Å². The van der Waals surface area contributed by atoms with Crippen LogP contribution in [0.3, 0.4) is 0 Å². The van der Waals surface area contributed by atoms with E-state index >= 15 is 0 Å². The summed E-state index contributed by atoms with van der Waals surface area (Å²) in [5, 5.41) is 6.72. The van der Waals surface area contributed by atoms with Gasteiger partial charge in [-0.3, -0.25) is 0 Å². The monoisotopic (exact) mass is 312 g/mol. The van der Waals surface area contributed by atoms with Crippen molar-refractivity contribution >= 4 is 11.3 Å². The van der Waals surface area contributed by atoms with Crippen LogP contribution >= 0.6 is 11.3 Å². The van der Waals surface area contributed by atoms with Crippen molar-refractivity contribution in [3.63, 3.8) is 0 Å². The van der Waals surface area contributed by atoms with E-state index in [9.17, 15) is 0 Å². The Bertz CT molecular complexity index is 384. The van der Waals surface area contributed by atoms with Gasteiger partial charge in [-0.25, -0.2) is 4.98 Å². The lowest BCUT2D eigenvalue weighted by atomic mass is 10.1. The molecule has 1 aromatic rings. The minimum atomic E-state index is 0.134. The Balaban J connectivity index is 2.22. The number of unbranched alkanes of at least 4 members (excludes halogenated alkanes) is 3. The van der Waals surface area contributed by atoms with E-state index in [0.29, 0.717) is 12.7 Å². The highest BCUT2D eigenvalue weighted by Crippen LogP contribution is 2.14. The minimum Gasteiger partial charge on any atom is -0.372 e. The summed E-state index contributed by atoms with van der Waals surface area (Å²) in [6, 6.07) is 0. The van der Waals surface area contributed by atoms with E-state index in [1.165, 1.54) is 25.7 Å². The molecule has 0 amide bonds. The molecule has 1 aromatic heterocycles. The van der Waals surface area contributed by atoms with Crippen molar-refractivity contribution in [3.05, 3.63) is 16.1 Å². The van der Waals surface area contributed by atoms with E-state index in [0.717, 1.165) is 23.7 Å². The molecule has 0 fully saturated rings. The maximum atomic E-state index is 5.89. The van der Waals surface area contributed by atoms with E-state index < -0.39 is 0 Å². The van der Waals surface area contributed by atoms with Gasteiger partial charge >= 0.3 is 0 Å². The summed E-state index contributed by atoms with van der Waals surface area (Å²) in [5.74, 6) is 0. The van der Waals surface area contributed by atoms with Crippen LogP contribution in [0.25, 0.3) is 0 Å². The molecule has 122 valence electrons. The van der Waals surface area contributed by atoms with Gasteiger partial charge in [0.05, 0.1) is 18.4 Å². The third kappa shape index (κ3) is 9.22. The number of hydrogen-bond acceptors (Lipinski definition) is 4. The Hall–Kier alpha value is -0.450. The van der Waals surface area contributed by atoms with Crippen LogP contribution in [0.4, 0.5) is 0 Å².